The summed E-state index contributed by atoms with van der Waals surface area (Å²) in [6, 6.07) is 3.50. The van der Waals surface area contributed by atoms with Crippen LogP contribution >= 0.6 is 11.3 Å². The lowest BCUT2D eigenvalue weighted by molar-refractivity contribution is -0.111. The van der Waals surface area contributed by atoms with Gasteiger partial charge in [0, 0.05) is 24.0 Å². The van der Waals surface area contributed by atoms with E-state index in [1.165, 1.54) is 23.7 Å². The summed E-state index contributed by atoms with van der Waals surface area (Å²) in [6.45, 7) is 4.74. The summed E-state index contributed by atoms with van der Waals surface area (Å²) in [6.07, 6.45) is 5.26. The van der Waals surface area contributed by atoms with Gasteiger partial charge in [0.05, 0.1) is 11.8 Å². The second kappa shape index (κ2) is 7.02. The Labute approximate surface area is 143 Å². The molecule has 0 bridgehead atoms. The first-order chi connectivity index (χ1) is 11.6. The minimum absolute atomic E-state index is 0.320. The van der Waals surface area contributed by atoms with Crippen molar-refractivity contribution in [3.63, 3.8) is 0 Å². The number of amides is 2. The van der Waals surface area contributed by atoms with Crippen molar-refractivity contribution >= 4 is 34.2 Å². The van der Waals surface area contributed by atoms with Gasteiger partial charge in [-0.15, -0.1) is 11.3 Å². The van der Waals surface area contributed by atoms with E-state index in [1.807, 2.05) is 0 Å². The highest BCUT2D eigenvalue weighted by atomic mass is 32.1. The molecule has 2 aromatic rings. The lowest BCUT2D eigenvalue weighted by atomic mass is 10.0. The van der Waals surface area contributed by atoms with Crippen LogP contribution in [-0.2, 0) is 17.8 Å². The van der Waals surface area contributed by atoms with Crippen LogP contribution in [0.5, 0.6) is 0 Å². The number of rotatable bonds is 5. The van der Waals surface area contributed by atoms with Crippen LogP contribution in [0.25, 0.3) is 6.08 Å². The molecule has 0 spiro atoms. The van der Waals surface area contributed by atoms with Gasteiger partial charge in [0.25, 0.3) is 5.91 Å². The van der Waals surface area contributed by atoms with E-state index >= 15 is 0 Å². The number of anilines is 1. The van der Waals surface area contributed by atoms with Gasteiger partial charge in [0.2, 0.25) is 5.91 Å². The molecule has 0 aliphatic carbocycles. The highest BCUT2D eigenvalue weighted by Crippen LogP contribution is 2.36. The number of fused-ring (bicyclic) bond motifs is 1. The van der Waals surface area contributed by atoms with Crippen LogP contribution in [0, 0.1) is 0 Å². The average molecular weight is 345 g/mol. The van der Waals surface area contributed by atoms with Crippen molar-refractivity contribution in [2.45, 2.75) is 19.9 Å². The Bertz CT molecular complexity index is 777. The molecule has 3 N–H and O–H groups in total. The zero-order valence-corrected chi connectivity index (χ0v) is 14.2. The van der Waals surface area contributed by atoms with E-state index in [1.54, 1.807) is 18.2 Å². The number of nitrogens with zero attached hydrogens (tertiary/aromatic N) is 1. The molecule has 1 aliphatic rings. The summed E-state index contributed by atoms with van der Waals surface area (Å²) < 4.78 is 5.14. The smallest absolute Gasteiger partial charge is 0.251 e. The molecule has 2 aromatic heterocycles. The number of likely N-dealkylation sites (N-methyl/N-ethyl adjacent to an activating group) is 1. The molecular formula is C17H19N3O3S. The molecule has 0 atom stereocenters. The maximum Gasteiger partial charge on any atom is 0.251 e. The lowest BCUT2D eigenvalue weighted by Gasteiger charge is -2.25. The van der Waals surface area contributed by atoms with Gasteiger partial charge in [0.15, 0.2) is 0 Å². The second-order valence-electron chi connectivity index (χ2n) is 5.53. The molecule has 3 heterocycles. The quantitative estimate of drug-likeness (QED) is 0.815. The fraction of sp³-hybridized carbons (Fsp3) is 0.294. The molecule has 24 heavy (non-hydrogen) atoms. The number of nitrogens with one attached hydrogen (secondary N) is 1. The summed E-state index contributed by atoms with van der Waals surface area (Å²) in [5.74, 6) is -0.230. The Morgan fingerprint density at radius 1 is 1.50 bits per heavy atom. The highest BCUT2D eigenvalue weighted by molar-refractivity contribution is 7.17. The van der Waals surface area contributed by atoms with Crippen molar-refractivity contribution in [3.05, 3.63) is 46.2 Å². The third-order valence-corrected chi connectivity index (χ3v) is 5.14. The number of carbonyl (C=O) groups is 2. The molecule has 0 saturated heterocycles. The topological polar surface area (TPSA) is 88.6 Å². The van der Waals surface area contributed by atoms with Crippen molar-refractivity contribution in [2.75, 3.05) is 18.4 Å². The van der Waals surface area contributed by atoms with Crippen molar-refractivity contribution in [2.24, 2.45) is 5.73 Å². The highest BCUT2D eigenvalue weighted by Gasteiger charge is 2.26. The normalized spacial score (nSPS) is 14.7. The van der Waals surface area contributed by atoms with Gasteiger partial charge in [-0.2, -0.15) is 0 Å². The van der Waals surface area contributed by atoms with Crippen molar-refractivity contribution in [1.29, 1.82) is 0 Å². The first-order valence-corrected chi connectivity index (χ1v) is 8.59. The molecule has 0 fully saturated rings. The summed E-state index contributed by atoms with van der Waals surface area (Å²) in [4.78, 5) is 27.4. The van der Waals surface area contributed by atoms with E-state index in [0.717, 1.165) is 36.5 Å². The lowest BCUT2D eigenvalue weighted by Crippen LogP contribution is -2.30. The Morgan fingerprint density at radius 3 is 3.00 bits per heavy atom. The third kappa shape index (κ3) is 3.42. The van der Waals surface area contributed by atoms with Crippen LogP contribution in [0.15, 0.2) is 28.9 Å². The van der Waals surface area contributed by atoms with Gasteiger partial charge in [-0.3, -0.25) is 14.5 Å². The number of thiophene rings is 1. The number of hydrogen-bond donors (Lipinski definition) is 2. The van der Waals surface area contributed by atoms with Gasteiger partial charge in [-0.05, 0) is 36.7 Å². The fourth-order valence-electron chi connectivity index (χ4n) is 2.77. The van der Waals surface area contributed by atoms with E-state index in [9.17, 15) is 9.59 Å². The SMILES string of the molecule is CCN1CCc2c(sc(NC(=O)/C=C/c3ccco3)c2C(N)=O)C1. The molecule has 0 unspecified atom stereocenters. The summed E-state index contributed by atoms with van der Waals surface area (Å²) >= 11 is 1.43. The first kappa shape index (κ1) is 16.5. The summed E-state index contributed by atoms with van der Waals surface area (Å²) in [5, 5.41) is 3.30. The minimum Gasteiger partial charge on any atom is -0.465 e. The van der Waals surface area contributed by atoms with Gasteiger partial charge < -0.3 is 15.5 Å². The predicted octanol–water partition coefficient (Wildman–Crippen LogP) is 2.47. The number of furan rings is 1. The van der Waals surface area contributed by atoms with Crippen LogP contribution in [0.3, 0.4) is 0 Å². The first-order valence-electron chi connectivity index (χ1n) is 7.77. The Kier molecular flexibility index (Phi) is 4.82. The van der Waals surface area contributed by atoms with Crippen LogP contribution in [0.1, 0.15) is 33.5 Å². The van der Waals surface area contributed by atoms with Crippen LogP contribution in [-0.4, -0.2) is 29.8 Å². The van der Waals surface area contributed by atoms with E-state index in [2.05, 4.69) is 17.1 Å². The Hall–Kier alpha value is -2.38. The molecule has 2 amide bonds. The molecule has 1 aliphatic heterocycles. The largest absolute Gasteiger partial charge is 0.465 e. The van der Waals surface area contributed by atoms with E-state index in [-0.39, 0.29) is 5.91 Å². The Balaban J connectivity index is 1.81. The monoisotopic (exact) mass is 345 g/mol. The number of carbonyl (C=O) groups excluding carboxylic acids is 2. The maximum atomic E-state index is 12.1. The van der Waals surface area contributed by atoms with Gasteiger partial charge in [-0.25, -0.2) is 0 Å². The zero-order chi connectivity index (χ0) is 17.1. The van der Waals surface area contributed by atoms with Crippen LogP contribution in [0.2, 0.25) is 0 Å². The third-order valence-electron chi connectivity index (χ3n) is 4.01. The van der Waals surface area contributed by atoms with E-state index in [0.29, 0.717) is 16.3 Å². The van der Waals surface area contributed by atoms with Crippen molar-refractivity contribution in [1.82, 2.24) is 4.90 Å². The summed E-state index contributed by atoms with van der Waals surface area (Å²) in [7, 11) is 0. The maximum absolute atomic E-state index is 12.1. The molecule has 0 radical (unpaired) electrons. The standard InChI is InChI=1S/C17H19N3O3S/c1-2-20-8-7-12-13(10-20)24-17(15(12)16(18)22)19-14(21)6-5-11-4-3-9-23-11/h3-6,9H,2,7-8,10H2,1H3,(H2,18,22)(H,19,21)/b6-5+. The fourth-order valence-corrected chi connectivity index (χ4v) is 4.07. The van der Waals surface area contributed by atoms with E-state index < -0.39 is 5.91 Å². The van der Waals surface area contributed by atoms with Crippen LogP contribution < -0.4 is 11.1 Å². The average Bonchev–Trinajstić information content (AvgIpc) is 3.19. The van der Waals surface area contributed by atoms with Gasteiger partial charge in [0.1, 0.15) is 10.8 Å². The molecule has 6 nitrogen and oxygen atoms in total. The summed E-state index contributed by atoms with van der Waals surface area (Å²) in [5.41, 5.74) is 6.97. The molecule has 126 valence electrons. The number of nitrogens with two attached hydrogens (primary N) is 1. The predicted molar refractivity (Wildman–Crippen MR) is 93.9 cm³/mol. The Morgan fingerprint density at radius 2 is 2.33 bits per heavy atom. The molecule has 7 heteroatoms. The van der Waals surface area contributed by atoms with Crippen molar-refractivity contribution in [3.8, 4) is 0 Å². The molecule has 0 saturated carbocycles. The zero-order valence-electron chi connectivity index (χ0n) is 13.4. The van der Waals surface area contributed by atoms with Gasteiger partial charge in [-0.1, -0.05) is 6.92 Å². The van der Waals surface area contributed by atoms with E-state index in [4.69, 9.17) is 10.2 Å². The van der Waals surface area contributed by atoms with Crippen molar-refractivity contribution < 1.29 is 14.0 Å². The van der Waals surface area contributed by atoms with Gasteiger partial charge >= 0.3 is 0 Å². The molecule has 0 aromatic carbocycles. The second-order valence-corrected chi connectivity index (χ2v) is 6.63. The molecule has 3 rings (SSSR count). The molecular weight excluding hydrogens is 326 g/mol. The minimum atomic E-state index is -0.497. The number of hydrogen-bond acceptors (Lipinski definition) is 5. The van der Waals surface area contributed by atoms with Crippen LogP contribution in [0.4, 0.5) is 5.00 Å². The number of primary amides is 1.